The largest absolute Gasteiger partial charge is 0.466 e. The van der Waals surface area contributed by atoms with Crippen LogP contribution in [0.25, 0.3) is 0 Å². The Bertz CT molecular complexity index is 1330. The van der Waals surface area contributed by atoms with Gasteiger partial charge in [0.25, 0.3) is 0 Å². The third-order valence-electron chi connectivity index (χ3n) is 18.5. The second-order valence-corrected chi connectivity index (χ2v) is 27.0. The zero-order valence-corrected chi connectivity index (χ0v) is 57.9. The maximum atomic E-state index is 12.6. The van der Waals surface area contributed by atoms with E-state index in [0.717, 1.165) is 44.9 Å². The molecule has 6 heteroatoms. The van der Waals surface area contributed by atoms with Gasteiger partial charge in [-0.3, -0.25) is 9.59 Å². The molecule has 0 aliphatic carbocycles. The molecule has 2 unspecified atom stereocenters. The Kier molecular flexibility index (Phi) is 73.3. The van der Waals surface area contributed by atoms with Gasteiger partial charge in [0.2, 0.25) is 5.91 Å². The van der Waals surface area contributed by atoms with Crippen LogP contribution in [0.5, 0.6) is 0 Å². The smallest absolute Gasteiger partial charge is 0.305 e. The molecule has 3 N–H and O–H groups in total. The Morgan fingerprint density at radius 2 is 0.553 bits per heavy atom. The van der Waals surface area contributed by atoms with Gasteiger partial charge < -0.3 is 20.3 Å². The lowest BCUT2D eigenvalue weighted by molar-refractivity contribution is -0.143. The summed E-state index contributed by atoms with van der Waals surface area (Å²) in [4.78, 5) is 24.6. The van der Waals surface area contributed by atoms with Crippen molar-refractivity contribution >= 4 is 11.9 Å². The van der Waals surface area contributed by atoms with Crippen molar-refractivity contribution in [1.29, 1.82) is 0 Å². The van der Waals surface area contributed by atoms with Crippen LogP contribution in [0.15, 0.2) is 24.3 Å². The molecule has 6 nitrogen and oxygen atoms in total. The van der Waals surface area contributed by atoms with Crippen molar-refractivity contribution in [3.8, 4) is 0 Å². The van der Waals surface area contributed by atoms with E-state index in [2.05, 4.69) is 31.3 Å². The lowest BCUT2D eigenvalue weighted by atomic mass is 10.0. The molecule has 2 atom stereocenters. The van der Waals surface area contributed by atoms with Crippen molar-refractivity contribution in [1.82, 2.24) is 5.32 Å². The third kappa shape index (κ3) is 71.3. The molecule has 0 aromatic carbocycles. The van der Waals surface area contributed by atoms with Gasteiger partial charge >= 0.3 is 5.97 Å². The summed E-state index contributed by atoms with van der Waals surface area (Å²) in [6, 6.07) is -0.626. The molecule has 504 valence electrons. The Hall–Kier alpha value is -1.66. The molecule has 0 aromatic heterocycles. The molecule has 0 aromatic rings. The van der Waals surface area contributed by atoms with Gasteiger partial charge in [0.15, 0.2) is 0 Å². The van der Waals surface area contributed by atoms with Crippen LogP contribution in [0, 0.1) is 0 Å². The fourth-order valence-electron chi connectivity index (χ4n) is 12.5. The molecule has 0 saturated heterocycles. The van der Waals surface area contributed by atoms with Crippen molar-refractivity contribution in [3.63, 3.8) is 0 Å². The molecule has 0 saturated carbocycles. The Morgan fingerprint density at radius 3 is 0.835 bits per heavy atom. The summed E-state index contributed by atoms with van der Waals surface area (Å²) >= 11 is 0. The predicted molar refractivity (Wildman–Crippen MR) is 375 cm³/mol. The number of allylic oxidation sites excluding steroid dienone is 3. The molecule has 1 amide bonds. The minimum atomic E-state index is -0.843. The average molecular weight is 1200 g/mol. The Morgan fingerprint density at radius 1 is 0.318 bits per heavy atom. The minimum absolute atomic E-state index is 0.0122. The standard InChI is InChI=1S/C79H153NO5/c1-3-5-7-9-11-13-15-17-19-20-21-22-23-32-35-38-41-44-47-51-55-59-63-67-71-77(82)76(75-81)80-78(83)72-68-64-60-56-52-48-45-42-39-36-33-30-28-26-24-25-27-29-31-34-37-40-43-46-50-54-58-62-66-70-74-85-79(84)73-69-65-61-57-53-49-18-16-14-12-10-8-6-4-2/h16,18,67,71,76-77,81-82H,3-15,17,19-66,68-70,72-75H2,1-2H3,(H,80,83)/b18-16-,71-67+. The second-order valence-electron chi connectivity index (χ2n) is 27.0. The summed E-state index contributed by atoms with van der Waals surface area (Å²) in [5, 5.41) is 23.3. The monoisotopic (exact) mass is 1200 g/mol. The van der Waals surface area contributed by atoms with E-state index in [4.69, 9.17) is 4.74 Å². The molecule has 0 radical (unpaired) electrons. The van der Waals surface area contributed by atoms with E-state index < -0.39 is 12.1 Å². The molecule has 0 spiro atoms. The van der Waals surface area contributed by atoms with Crippen LogP contribution in [0.4, 0.5) is 0 Å². The SMILES string of the molecule is CCCCCCC/C=C\CCCCCCCC(=O)OCCCCCCCCCCCCCCCCCCCCCCCCCCCCCCCCC(=O)NC(CO)C(O)/C=C/CCCCCCCCCCCCCCCCCCCCCCCC. The summed E-state index contributed by atoms with van der Waals surface area (Å²) in [6.07, 6.45) is 95.8. The average Bonchev–Trinajstić information content (AvgIpc) is 3.51. The predicted octanol–water partition coefficient (Wildman–Crippen LogP) is 25.7. The molecule has 0 rings (SSSR count). The number of carbonyl (C=O) groups is 2. The molecule has 0 fully saturated rings. The number of amides is 1. The summed E-state index contributed by atoms with van der Waals surface area (Å²) in [7, 11) is 0. The highest BCUT2D eigenvalue weighted by Gasteiger charge is 2.18. The highest BCUT2D eigenvalue weighted by molar-refractivity contribution is 5.76. The summed E-state index contributed by atoms with van der Waals surface area (Å²) in [5.41, 5.74) is 0. The van der Waals surface area contributed by atoms with E-state index in [-0.39, 0.29) is 18.5 Å². The normalized spacial score (nSPS) is 12.6. The third-order valence-corrected chi connectivity index (χ3v) is 18.5. The molecule has 0 aliphatic rings. The number of aliphatic hydroxyl groups excluding tert-OH is 2. The molecule has 0 aliphatic heterocycles. The van der Waals surface area contributed by atoms with Gasteiger partial charge in [0, 0.05) is 12.8 Å². The first-order valence-electron chi connectivity index (χ1n) is 39.1. The van der Waals surface area contributed by atoms with Gasteiger partial charge in [-0.1, -0.05) is 398 Å². The van der Waals surface area contributed by atoms with Crippen molar-refractivity contribution in [3.05, 3.63) is 24.3 Å². The molecule has 0 bridgehead atoms. The number of ether oxygens (including phenoxy) is 1. The number of esters is 1. The number of unbranched alkanes of at least 4 members (excludes halogenated alkanes) is 61. The minimum Gasteiger partial charge on any atom is -0.466 e. The van der Waals surface area contributed by atoms with Crippen LogP contribution in [-0.2, 0) is 14.3 Å². The summed E-state index contributed by atoms with van der Waals surface area (Å²) < 4.78 is 5.49. The Labute approximate surface area is 532 Å². The summed E-state index contributed by atoms with van der Waals surface area (Å²) in [5.74, 6) is -0.0467. The van der Waals surface area contributed by atoms with E-state index in [1.54, 1.807) is 6.08 Å². The van der Waals surface area contributed by atoms with Crippen LogP contribution in [0.2, 0.25) is 0 Å². The van der Waals surface area contributed by atoms with Crippen LogP contribution in [-0.4, -0.2) is 47.4 Å². The van der Waals surface area contributed by atoms with Crippen molar-refractivity contribution in [2.75, 3.05) is 13.2 Å². The fourth-order valence-corrected chi connectivity index (χ4v) is 12.5. The van der Waals surface area contributed by atoms with Gasteiger partial charge in [-0.15, -0.1) is 0 Å². The van der Waals surface area contributed by atoms with E-state index in [9.17, 15) is 19.8 Å². The molecular formula is C79H153NO5. The highest BCUT2D eigenvalue weighted by atomic mass is 16.5. The van der Waals surface area contributed by atoms with Crippen LogP contribution in [0.1, 0.15) is 444 Å². The maximum Gasteiger partial charge on any atom is 0.305 e. The summed E-state index contributed by atoms with van der Waals surface area (Å²) in [6.45, 7) is 4.94. The van der Waals surface area contributed by atoms with Gasteiger partial charge in [0.1, 0.15) is 0 Å². The zero-order chi connectivity index (χ0) is 61.3. The number of nitrogens with one attached hydrogen (secondary N) is 1. The zero-order valence-electron chi connectivity index (χ0n) is 57.9. The van der Waals surface area contributed by atoms with E-state index in [0.29, 0.717) is 19.4 Å². The molecular weight excluding hydrogens is 1040 g/mol. The van der Waals surface area contributed by atoms with E-state index in [1.807, 2.05) is 6.08 Å². The first-order chi connectivity index (χ1) is 42.0. The van der Waals surface area contributed by atoms with Crippen LogP contribution >= 0.6 is 0 Å². The molecule has 85 heavy (non-hydrogen) atoms. The highest BCUT2D eigenvalue weighted by Crippen LogP contribution is 2.20. The van der Waals surface area contributed by atoms with Crippen LogP contribution < -0.4 is 5.32 Å². The van der Waals surface area contributed by atoms with Gasteiger partial charge in [-0.25, -0.2) is 0 Å². The first kappa shape index (κ1) is 83.3. The van der Waals surface area contributed by atoms with Crippen molar-refractivity contribution in [2.24, 2.45) is 0 Å². The van der Waals surface area contributed by atoms with Gasteiger partial charge in [0.05, 0.1) is 25.4 Å². The number of carbonyl (C=O) groups excluding carboxylic acids is 2. The number of rotatable bonds is 74. The lowest BCUT2D eigenvalue weighted by Crippen LogP contribution is -2.45. The fraction of sp³-hybridized carbons (Fsp3) is 0.924. The van der Waals surface area contributed by atoms with E-state index in [1.165, 1.54) is 372 Å². The van der Waals surface area contributed by atoms with Crippen molar-refractivity contribution in [2.45, 2.75) is 456 Å². The first-order valence-corrected chi connectivity index (χ1v) is 39.1. The number of hydrogen-bond donors (Lipinski definition) is 3. The van der Waals surface area contributed by atoms with Gasteiger partial charge in [-0.2, -0.15) is 0 Å². The molecule has 0 heterocycles. The Balaban J connectivity index is 3.36. The topological polar surface area (TPSA) is 95.9 Å². The van der Waals surface area contributed by atoms with Crippen LogP contribution in [0.3, 0.4) is 0 Å². The lowest BCUT2D eigenvalue weighted by Gasteiger charge is -2.20. The van der Waals surface area contributed by atoms with E-state index >= 15 is 0 Å². The number of hydrogen-bond acceptors (Lipinski definition) is 5. The number of aliphatic hydroxyl groups is 2. The second kappa shape index (κ2) is 74.8. The van der Waals surface area contributed by atoms with Crippen molar-refractivity contribution < 1.29 is 24.5 Å². The maximum absolute atomic E-state index is 12.6. The quantitative estimate of drug-likeness (QED) is 0.0320. The van der Waals surface area contributed by atoms with Gasteiger partial charge in [-0.05, 0) is 57.8 Å².